The van der Waals surface area contributed by atoms with E-state index in [-0.39, 0.29) is 18.0 Å². The number of fused-ring (bicyclic) bond motifs is 1. The second kappa shape index (κ2) is 5.18. The van der Waals surface area contributed by atoms with Crippen molar-refractivity contribution >= 4 is 17.9 Å². The fourth-order valence-corrected chi connectivity index (χ4v) is 4.07. The van der Waals surface area contributed by atoms with E-state index in [4.69, 9.17) is 0 Å². The van der Waals surface area contributed by atoms with Crippen molar-refractivity contribution in [2.45, 2.75) is 44.2 Å². The van der Waals surface area contributed by atoms with Crippen LogP contribution in [0.2, 0.25) is 0 Å². The highest BCUT2D eigenvalue weighted by Crippen LogP contribution is 2.39. The zero-order chi connectivity index (χ0) is 16.0. The molecular formula is C16H21N5O2. The molecule has 1 atom stereocenters. The van der Waals surface area contributed by atoms with Crippen LogP contribution in [0.1, 0.15) is 32.6 Å². The molecule has 122 valence electrons. The fourth-order valence-electron chi connectivity index (χ4n) is 4.07. The van der Waals surface area contributed by atoms with Crippen molar-refractivity contribution in [2.24, 2.45) is 0 Å². The van der Waals surface area contributed by atoms with Crippen LogP contribution in [0, 0.1) is 0 Å². The third-order valence-corrected chi connectivity index (χ3v) is 5.42. The molecule has 4 rings (SSSR count). The fraction of sp³-hybridized carbons (Fsp3) is 0.625. The monoisotopic (exact) mass is 315 g/mol. The Morgan fingerprint density at radius 2 is 1.83 bits per heavy atom. The molecule has 3 aliphatic rings. The van der Waals surface area contributed by atoms with E-state index in [0.29, 0.717) is 6.54 Å². The van der Waals surface area contributed by atoms with Gasteiger partial charge in [-0.3, -0.25) is 9.69 Å². The maximum atomic E-state index is 12.8. The average Bonchev–Trinajstić information content (AvgIpc) is 3.06. The molecule has 0 aromatic carbocycles. The molecular weight excluding hydrogens is 294 g/mol. The van der Waals surface area contributed by atoms with Gasteiger partial charge in [0.25, 0.3) is 5.91 Å². The topological polar surface area (TPSA) is 69.6 Å². The van der Waals surface area contributed by atoms with Crippen molar-refractivity contribution in [2.75, 3.05) is 24.5 Å². The second-order valence-corrected chi connectivity index (χ2v) is 6.75. The van der Waals surface area contributed by atoms with Crippen molar-refractivity contribution in [3.63, 3.8) is 0 Å². The largest absolute Gasteiger partial charge is 0.341 e. The van der Waals surface area contributed by atoms with E-state index in [2.05, 4.69) is 14.9 Å². The first-order valence-corrected chi connectivity index (χ1v) is 8.28. The quantitative estimate of drug-likeness (QED) is 0.769. The highest BCUT2D eigenvalue weighted by molar-refractivity contribution is 6.07. The van der Waals surface area contributed by atoms with Gasteiger partial charge in [-0.25, -0.2) is 14.8 Å². The van der Waals surface area contributed by atoms with Gasteiger partial charge in [-0.1, -0.05) is 0 Å². The number of urea groups is 1. The number of amides is 3. The number of rotatable bonds is 2. The van der Waals surface area contributed by atoms with Gasteiger partial charge in [0, 0.05) is 38.1 Å². The minimum atomic E-state index is -0.600. The van der Waals surface area contributed by atoms with E-state index >= 15 is 0 Å². The normalized spacial score (nSPS) is 28.7. The zero-order valence-electron chi connectivity index (χ0n) is 13.3. The predicted octanol–water partition coefficient (Wildman–Crippen LogP) is 1.26. The molecule has 0 N–H and O–H groups in total. The highest BCUT2D eigenvalue weighted by Gasteiger charge is 2.58. The summed E-state index contributed by atoms with van der Waals surface area (Å²) in [6.07, 6.45) is 6.73. The molecule has 3 aliphatic heterocycles. The summed E-state index contributed by atoms with van der Waals surface area (Å²) >= 11 is 0. The molecule has 1 aromatic heterocycles. The number of imide groups is 1. The average molecular weight is 315 g/mol. The maximum absolute atomic E-state index is 12.8. The molecule has 7 nitrogen and oxygen atoms in total. The third kappa shape index (κ3) is 2.09. The van der Waals surface area contributed by atoms with Gasteiger partial charge in [-0.05, 0) is 38.7 Å². The first kappa shape index (κ1) is 14.4. The van der Waals surface area contributed by atoms with Gasteiger partial charge < -0.3 is 9.80 Å². The van der Waals surface area contributed by atoms with E-state index < -0.39 is 5.54 Å². The van der Waals surface area contributed by atoms with Crippen LogP contribution < -0.4 is 4.90 Å². The molecule has 3 fully saturated rings. The molecule has 0 saturated carbocycles. The van der Waals surface area contributed by atoms with Crippen LogP contribution in [0.5, 0.6) is 0 Å². The summed E-state index contributed by atoms with van der Waals surface area (Å²) in [7, 11) is 0. The van der Waals surface area contributed by atoms with Gasteiger partial charge in [-0.15, -0.1) is 0 Å². The number of hydrogen-bond donors (Lipinski definition) is 0. The Kier molecular flexibility index (Phi) is 3.25. The van der Waals surface area contributed by atoms with E-state index in [1.54, 1.807) is 23.4 Å². The summed E-state index contributed by atoms with van der Waals surface area (Å²) in [6, 6.07) is 1.70. The van der Waals surface area contributed by atoms with Crippen molar-refractivity contribution in [1.29, 1.82) is 0 Å². The molecule has 0 unspecified atom stereocenters. The maximum Gasteiger partial charge on any atom is 0.327 e. The summed E-state index contributed by atoms with van der Waals surface area (Å²) in [5, 5.41) is 0. The number of nitrogens with zero attached hydrogens (tertiary/aromatic N) is 5. The Labute approximate surface area is 135 Å². The number of aromatic nitrogens is 2. The van der Waals surface area contributed by atoms with E-state index in [0.717, 1.165) is 44.7 Å². The number of hydrogen-bond acceptors (Lipinski definition) is 5. The molecule has 0 spiro atoms. The Hall–Kier alpha value is -2.18. The van der Waals surface area contributed by atoms with Crippen molar-refractivity contribution < 1.29 is 9.59 Å². The number of carbonyl (C=O) groups excluding carboxylic acids is 2. The van der Waals surface area contributed by atoms with Crippen molar-refractivity contribution in [1.82, 2.24) is 19.8 Å². The molecule has 0 bridgehead atoms. The minimum Gasteiger partial charge on any atom is -0.341 e. The molecule has 3 amide bonds. The summed E-state index contributed by atoms with van der Waals surface area (Å²) in [6.45, 7) is 4.15. The first-order chi connectivity index (χ1) is 11.1. The molecule has 1 aromatic rings. The van der Waals surface area contributed by atoms with Gasteiger partial charge >= 0.3 is 6.03 Å². The van der Waals surface area contributed by atoms with Crippen LogP contribution >= 0.6 is 0 Å². The van der Waals surface area contributed by atoms with Crippen molar-refractivity contribution in [3.05, 3.63) is 18.5 Å². The van der Waals surface area contributed by atoms with E-state index in [1.807, 2.05) is 6.92 Å². The third-order valence-electron chi connectivity index (χ3n) is 5.42. The summed E-state index contributed by atoms with van der Waals surface area (Å²) in [5.41, 5.74) is -0.600. The van der Waals surface area contributed by atoms with Gasteiger partial charge in [0.05, 0.1) is 0 Å². The molecule has 23 heavy (non-hydrogen) atoms. The van der Waals surface area contributed by atoms with Crippen LogP contribution in [0.3, 0.4) is 0 Å². The first-order valence-electron chi connectivity index (χ1n) is 8.28. The summed E-state index contributed by atoms with van der Waals surface area (Å²) in [4.78, 5) is 39.4. The predicted molar refractivity (Wildman–Crippen MR) is 83.9 cm³/mol. The Bertz CT molecular complexity index is 629. The minimum absolute atomic E-state index is 0.00242. The molecule has 7 heteroatoms. The highest BCUT2D eigenvalue weighted by atomic mass is 16.2. The van der Waals surface area contributed by atoms with Crippen LogP contribution in [0.15, 0.2) is 18.5 Å². The number of anilines is 1. The standard InChI is InChI=1S/C16H21N5O2/c1-16-6-2-9-20(16)15(23)21(13(16)22)12-4-10-19(11-5-12)14-17-7-3-8-18-14/h3,7-8,12H,2,4-6,9-11H2,1H3/t16-/m1/s1. The van der Waals surface area contributed by atoms with Crippen molar-refractivity contribution in [3.8, 4) is 0 Å². The van der Waals surface area contributed by atoms with Gasteiger partial charge in [0.1, 0.15) is 5.54 Å². The van der Waals surface area contributed by atoms with E-state index in [1.165, 1.54) is 4.90 Å². The summed E-state index contributed by atoms with van der Waals surface area (Å²) < 4.78 is 0. The Balaban J connectivity index is 1.47. The summed E-state index contributed by atoms with van der Waals surface area (Å²) in [5.74, 6) is 0.715. The lowest BCUT2D eigenvalue weighted by molar-refractivity contribution is -0.133. The molecule has 4 heterocycles. The van der Waals surface area contributed by atoms with Gasteiger partial charge in [0.15, 0.2) is 0 Å². The van der Waals surface area contributed by atoms with Crippen LogP contribution in [0.4, 0.5) is 10.7 Å². The lowest BCUT2D eigenvalue weighted by Gasteiger charge is -2.35. The van der Waals surface area contributed by atoms with Gasteiger partial charge in [-0.2, -0.15) is 0 Å². The SMILES string of the molecule is C[C@]12CCCN1C(=O)N(C1CCN(c3ncccn3)CC1)C2=O. The van der Waals surface area contributed by atoms with Crippen LogP contribution in [0.25, 0.3) is 0 Å². The van der Waals surface area contributed by atoms with E-state index in [9.17, 15) is 9.59 Å². The Morgan fingerprint density at radius 3 is 2.48 bits per heavy atom. The Morgan fingerprint density at radius 1 is 1.13 bits per heavy atom. The lowest BCUT2D eigenvalue weighted by Crippen LogP contribution is -2.49. The smallest absolute Gasteiger partial charge is 0.327 e. The number of piperidine rings is 1. The van der Waals surface area contributed by atoms with Crippen LogP contribution in [-0.2, 0) is 4.79 Å². The second-order valence-electron chi connectivity index (χ2n) is 6.75. The zero-order valence-corrected chi connectivity index (χ0v) is 13.3. The molecule has 0 aliphatic carbocycles. The van der Waals surface area contributed by atoms with Gasteiger partial charge in [0.2, 0.25) is 5.95 Å². The lowest BCUT2D eigenvalue weighted by atomic mass is 9.97. The molecule has 0 radical (unpaired) electrons. The number of carbonyl (C=O) groups is 2. The molecule has 3 saturated heterocycles. The van der Waals surface area contributed by atoms with Crippen LogP contribution in [-0.4, -0.2) is 62.9 Å².